The molecule has 0 fully saturated rings. The lowest BCUT2D eigenvalue weighted by molar-refractivity contribution is 0.298. The van der Waals surface area contributed by atoms with Gasteiger partial charge in [-0.05, 0) is 12.0 Å². The van der Waals surface area contributed by atoms with Crippen molar-refractivity contribution in [3.8, 4) is 0 Å². The van der Waals surface area contributed by atoms with Gasteiger partial charge in [0.15, 0.2) is 0 Å². The zero-order valence-corrected chi connectivity index (χ0v) is 10.0. The third-order valence-electron chi connectivity index (χ3n) is 2.78. The van der Waals surface area contributed by atoms with Crippen LogP contribution in [0.4, 0.5) is 0 Å². The first kappa shape index (κ1) is 11.8. The first-order valence-corrected chi connectivity index (χ1v) is 5.91. The van der Waals surface area contributed by atoms with E-state index in [-0.39, 0.29) is 6.61 Å². The van der Waals surface area contributed by atoms with Gasteiger partial charge in [-0.3, -0.25) is 0 Å². The van der Waals surface area contributed by atoms with Crippen molar-refractivity contribution in [1.82, 2.24) is 15.0 Å². The molecule has 0 unspecified atom stereocenters. The van der Waals surface area contributed by atoms with Crippen LogP contribution < -0.4 is 0 Å². The molecule has 0 aliphatic heterocycles. The van der Waals surface area contributed by atoms with Gasteiger partial charge in [-0.15, -0.1) is 5.10 Å². The molecule has 4 nitrogen and oxygen atoms in total. The molecule has 17 heavy (non-hydrogen) atoms. The molecule has 4 heteroatoms. The van der Waals surface area contributed by atoms with E-state index in [4.69, 9.17) is 5.11 Å². The lowest BCUT2D eigenvalue weighted by atomic mass is 10.2. The van der Waals surface area contributed by atoms with Gasteiger partial charge in [0.2, 0.25) is 0 Å². The molecular weight excluding hydrogens is 214 g/mol. The van der Waals surface area contributed by atoms with E-state index in [0.717, 1.165) is 24.4 Å². The summed E-state index contributed by atoms with van der Waals surface area (Å²) >= 11 is 0. The molecule has 1 aromatic carbocycles. The van der Waals surface area contributed by atoms with Gasteiger partial charge in [-0.1, -0.05) is 42.5 Å². The highest BCUT2D eigenvalue weighted by Gasteiger charge is 2.10. The lowest BCUT2D eigenvalue weighted by Crippen LogP contribution is -2.07. The average Bonchev–Trinajstić information content (AvgIpc) is 2.73. The summed E-state index contributed by atoms with van der Waals surface area (Å²) in [5.41, 5.74) is 3.23. The van der Waals surface area contributed by atoms with Gasteiger partial charge in [-0.2, -0.15) is 0 Å². The highest BCUT2D eigenvalue weighted by atomic mass is 16.3. The third-order valence-corrected chi connectivity index (χ3v) is 2.78. The third kappa shape index (κ3) is 2.71. The molecule has 0 aliphatic carbocycles. The zero-order chi connectivity index (χ0) is 12.1. The smallest absolute Gasteiger partial charge is 0.0882 e. The number of hydrogen-bond acceptors (Lipinski definition) is 3. The van der Waals surface area contributed by atoms with Gasteiger partial charge >= 0.3 is 0 Å². The van der Waals surface area contributed by atoms with E-state index in [9.17, 15) is 0 Å². The maximum Gasteiger partial charge on any atom is 0.0882 e. The highest BCUT2D eigenvalue weighted by molar-refractivity contribution is 5.17. The number of aliphatic hydroxyl groups excluding tert-OH is 1. The van der Waals surface area contributed by atoms with Gasteiger partial charge in [0, 0.05) is 13.0 Å². The Morgan fingerprint density at radius 1 is 1.24 bits per heavy atom. The molecule has 2 rings (SSSR count). The quantitative estimate of drug-likeness (QED) is 0.846. The average molecular weight is 231 g/mol. The highest BCUT2D eigenvalue weighted by Crippen LogP contribution is 2.10. The Bertz CT molecular complexity index is 465. The number of benzene rings is 1. The largest absolute Gasteiger partial charge is 0.396 e. The van der Waals surface area contributed by atoms with Crippen LogP contribution in [0.5, 0.6) is 0 Å². The van der Waals surface area contributed by atoms with Crippen LogP contribution in [-0.2, 0) is 19.4 Å². The molecule has 0 amide bonds. The maximum atomic E-state index is 8.96. The Morgan fingerprint density at radius 2 is 2.00 bits per heavy atom. The summed E-state index contributed by atoms with van der Waals surface area (Å²) in [5.74, 6) is 0. The molecular formula is C13H17N3O. The zero-order valence-electron chi connectivity index (χ0n) is 10.0. The fourth-order valence-corrected chi connectivity index (χ4v) is 1.94. The molecule has 1 heterocycles. The van der Waals surface area contributed by atoms with Crippen LogP contribution >= 0.6 is 0 Å². The Morgan fingerprint density at radius 3 is 2.65 bits per heavy atom. The number of aliphatic hydroxyl groups is 1. The van der Waals surface area contributed by atoms with Crippen LogP contribution in [-0.4, -0.2) is 26.7 Å². The maximum absolute atomic E-state index is 8.96. The van der Waals surface area contributed by atoms with E-state index in [2.05, 4.69) is 29.4 Å². The van der Waals surface area contributed by atoms with Crippen molar-refractivity contribution in [3.63, 3.8) is 0 Å². The van der Waals surface area contributed by atoms with Crippen LogP contribution in [0.25, 0.3) is 0 Å². The number of rotatable bonds is 5. The predicted molar refractivity (Wildman–Crippen MR) is 65.7 cm³/mol. The molecule has 0 saturated heterocycles. The molecule has 2 aromatic rings. The van der Waals surface area contributed by atoms with Crippen molar-refractivity contribution in [2.75, 3.05) is 6.61 Å². The summed E-state index contributed by atoms with van der Waals surface area (Å²) in [4.78, 5) is 0. The van der Waals surface area contributed by atoms with Crippen molar-refractivity contribution in [2.45, 2.75) is 26.3 Å². The molecule has 0 spiro atoms. The van der Waals surface area contributed by atoms with Gasteiger partial charge < -0.3 is 5.11 Å². The van der Waals surface area contributed by atoms with Crippen molar-refractivity contribution in [1.29, 1.82) is 0 Å². The molecule has 1 N–H and O–H groups in total. The fraction of sp³-hybridized carbons (Fsp3) is 0.385. The van der Waals surface area contributed by atoms with Crippen LogP contribution in [0, 0.1) is 0 Å². The minimum atomic E-state index is 0.122. The second kappa shape index (κ2) is 5.59. The summed E-state index contributed by atoms with van der Waals surface area (Å²) < 4.78 is 1.92. The first-order valence-electron chi connectivity index (χ1n) is 5.91. The summed E-state index contributed by atoms with van der Waals surface area (Å²) in [7, 11) is 0. The first-order chi connectivity index (χ1) is 8.35. The predicted octanol–water partition coefficient (Wildman–Crippen LogP) is 1.42. The van der Waals surface area contributed by atoms with Gasteiger partial charge in [0.25, 0.3) is 0 Å². The van der Waals surface area contributed by atoms with Crippen molar-refractivity contribution < 1.29 is 5.11 Å². The number of nitrogens with zero attached hydrogens (tertiary/aromatic N) is 3. The van der Waals surface area contributed by atoms with Crippen molar-refractivity contribution in [3.05, 3.63) is 47.3 Å². The van der Waals surface area contributed by atoms with Crippen molar-refractivity contribution >= 4 is 0 Å². The normalized spacial score (nSPS) is 10.7. The fourth-order valence-electron chi connectivity index (χ4n) is 1.94. The van der Waals surface area contributed by atoms with Crippen LogP contribution in [0.1, 0.15) is 23.9 Å². The van der Waals surface area contributed by atoms with Crippen LogP contribution in [0.3, 0.4) is 0 Å². The molecule has 0 bridgehead atoms. The summed E-state index contributed by atoms with van der Waals surface area (Å²) in [6.07, 6.45) is 1.47. The SMILES string of the molecule is CCc1c(CCO)nnn1Cc1ccccc1. The molecule has 0 aliphatic rings. The summed E-state index contributed by atoms with van der Waals surface area (Å²) in [6, 6.07) is 10.2. The van der Waals surface area contributed by atoms with E-state index >= 15 is 0 Å². The topological polar surface area (TPSA) is 50.9 Å². The van der Waals surface area contributed by atoms with Crippen LogP contribution in [0.2, 0.25) is 0 Å². The van der Waals surface area contributed by atoms with Gasteiger partial charge in [0.1, 0.15) is 0 Å². The second-order valence-electron chi connectivity index (χ2n) is 3.95. The number of hydrogen-bond donors (Lipinski definition) is 1. The minimum Gasteiger partial charge on any atom is -0.396 e. The lowest BCUT2D eigenvalue weighted by Gasteiger charge is -2.05. The molecule has 0 atom stereocenters. The standard InChI is InChI=1S/C13H17N3O/c1-2-13-12(8-9-17)14-15-16(13)10-11-6-4-3-5-7-11/h3-7,17H,2,8-10H2,1H3. The van der Waals surface area contributed by atoms with Gasteiger partial charge in [0.05, 0.1) is 17.9 Å². The minimum absolute atomic E-state index is 0.122. The molecule has 0 saturated carbocycles. The van der Waals surface area contributed by atoms with Crippen molar-refractivity contribution in [2.24, 2.45) is 0 Å². The monoisotopic (exact) mass is 231 g/mol. The molecule has 1 aromatic heterocycles. The summed E-state index contributed by atoms with van der Waals surface area (Å²) in [5, 5.41) is 17.2. The van der Waals surface area contributed by atoms with E-state index < -0.39 is 0 Å². The Hall–Kier alpha value is -1.68. The second-order valence-corrected chi connectivity index (χ2v) is 3.95. The molecule has 0 radical (unpaired) electrons. The van der Waals surface area contributed by atoms with Crippen LogP contribution in [0.15, 0.2) is 30.3 Å². The Balaban J connectivity index is 2.21. The van der Waals surface area contributed by atoms with E-state index in [1.54, 1.807) is 0 Å². The van der Waals surface area contributed by atoms with E-state index in [1.165, 1.54) is 5.56 Å². The summed E-state index contributed by atoms with van der Waals surface area (Å²) in [6.45, 7) is 2.94. The number of aromatic nitrogens is 3. The van der Waals surface area contributed by atoms with Gasteiger partial charge in [-0.25, -0.2) is 4.68 Å². The van der Waals surface area contributed by atoms with E-state index in [1.807, 2.05) is 22.9 Å². The Labute approximate surface area is 101 Å². The molecule has 90 valence electrons. The Kier molecular flexibility index (Phi) is 3.88. The van der Waals surface area contributed by atoms with E-state index in [0.29, 0.717) is 6.42 Å².